The predicted octanol–water partition coefficient (Wildman–Crippen LogP) is 2.75. The monoisotopic (exact) mass is 481 g/mol. The van der Waals surface area contributed by atoms with E-state index in [1.807, 2.05) is 0 Å². The Balaban J connectivity index is 0.00000529. The number of nitrogens with one attached hydrogen (secondary N) is 1. The predicted molar refractivity (Wildman–Crippen MR) is 97.6 cm³/mol. The van der Waals surface area contributed by atoms with Crippen molar-refractivity contribution in [1.29, 1.82) is 0 Å². The summed E-state index contributed by atoms with van der Waals surface area (Å²) in [5.74, 6) is -0.414. The number of hydrogen-bond acceptors (Lipinski definition) is 4. The molecule has 24 heavy (non-hydrogen) atoms. The summed E-state index contributed by atoms with van der Waals surface area (Å²) in [5.41, 5.74) is 6.02. The van der Waals surface area contributed by atoms with Crippen molar-refractivity contribution < 1.29 is 26.3 Å². The molecule has 6 nitrogen and oxygen atoms in total. The lowest BCUT2D eigenvalue weighted by Crippen LogP contribution is -2.36. The number of nitrogens with two attached hydrogens (primary N) is 1. The normalized spacial score (nSPS) is 13.2. The van der Waals surface area contributed by atoms with E-state index in [9.17, 15) is 21.6 Å². The quantitative estimate of drug-likeness (QED) is 0.384. The number of guanidine groups is 1. The number of benzene rings is 1. The summed E-state index contributed by atoms with van der Waals surface area (Å²) in [5, 5.41) is 2.65. The van der Waals surface area contributed by atoms with Crippen molar-refractivity contribution in [2.75, 3.05) is 18.1 Å². The summed E-state index contributed by atoms with van der Waals surface area (Å²) in [6.45, 7) is 2.98. The van der Waals surface area contributed by atoms with Crippen LogP contribution in [0, 0.1) is 0 Å². The first-order valence-electron chi connectivity index (χ1n) is 6.42. The standard InChI is InChI=1S/C13H18F3N3O3S.HI/c1-12(2,23(3,20)21)8-18-11(17)19-9-4-6-10(7-5-9)22-13(14,15)16;/h4-7H,8H2,1-3H3,(H3,17,18,19);1H. The van der Waals surface area contributed by atoms with Crippen LogP contribution in [0.2, 0.25) is 0 Å². The van der Waals surface area contributed by atoms with Crippen LogP contribution in [-0.2, 0) is 9.84 Å². The molecule has 0 aliphatic heterocycles. The largest absolute Gasteiger partial charge is 0.573 e. The van der Waals surface area contributed by atoms with Crippen LogP contribution in [-0.4, -0.2) is 38.3 Å². The van der Waals surface area contributed by atoms with Crippen LogP contribution in [0.4, 0.5) is 18.9 Å². The summed E-state index contributed by atoms with van der Waals surface area (Å²) in [6, 6.07) is 4.88. The minimum atomic E-state index is -4.76. The van der Waals surface area contributed by atoms with Crippen LogP contribution < -0.4 is 15.8 Å². The Morgan fingerprint density at radius 3 is 2.17 bits per heavy atom. The van der Waals surface area contributed by atoms with Gasteiger partial charge in [0.05, 0.1) is 11.3 Å². The van der Waals surface area contributed by atoms with E-state index in [2.05, 4.69) is 15.0 Å². The minimum absolute atomic E-state index is 0. The van der Waals surface area contributed by atoms with Gasteiger partial charge in [0.25, 0.3) is 0 Å². The number of aliphatic imine (C=N–C) groups is 1. The first-order valence-corrected chi connectivity index (χ1v) is 8.32. The van der Waals surface area contributed by atoms with E-state index in [0.29, 0.717) is 5.69 Å². The highest BCUT2D eigenvalue weighted by Crippen LogP contribution is 2.23. The summed E-state index contributed by atoms with van der Waals surface area (Å²) in [7, 11) is -3.31. The van der Waals surface area contributed by atoms with Gasteiger partial charge in [-0.05, 0) is 38.1 Å². The molecular weight excluding hydrogens is 462 g/mol. The highest BCUT2D eigenvalue weighted by molar-refractivity contribution is 14.0. The van der Waals surface area contributed by atoms with E-state index in [4.69, 9.17) is 5.73 Å². The highest BCUT2D eigenvalue weighted by Gasteiger charge is 2.31. The van der Waals surface area contributed by atoms with E-state index in [1.54, 1.807) is 0 Å². The van der Waals surface area contributed by atoms with Gasteiger partial charge in [-0.1, -0.05) is 0 Å². The van der Waals surface area contributed by atoms with Gasteiger partial charge in [0.1, 0.15) is 5.75 Å². The van der Waals surface area contributed by atoms with Crippen LogP contribution in [0.15, 0.2) is 29.3 Å². The van der Waals surface area contributed by atoms with Crippen LogP contribution in [0.1, 0.15) is 13.8 Å². The van der Waals surface area contributed by atoms with Crippen LogP contribution in [0.25, 0.3) is 0 Å². The van der Waals surface area contributed by atoms with E-state index >= 15 is 0 Å². The van der Waals surface area contributed by atoms with Crippen LogP contribution in [0.3, 0.4) is 0 Å². The van der Waals surface area contributed by atoms with Gasteiger partial charge in [0.2, 0.25) is 0 Å². The SMILES string of the molecule is CC(C)(CN=C(N)Nc1ccc(OC(F)(F)F)cc1)S(C)(=O)=O.I. The Hall–Kier alpha value is -1.24. The van der Waals surface area contributed by atoms with Crippen LogP contribution >= 0.6 is 24.0 Å². The zero-order valence-corrected chi connectivity index (χ0v) is 16.4. The fourth-order valence-corrected chi connectivity index (χ4v) is 1.62. The first kappa shape index (κ1) is 22.8. The topological polar surface area (TPSA) is 93.8 Å². The van der Waals surface area contributed by atoms with E-state index in [-0.39, 0.29) is 42.2 Å². The van der Waals surface area contributed by atoms with Gasteiger partial charge in [-0.15, -0.1) is 37.1 Å². The molecule has 0 aromatic heterocycles. The van der Waals surface area contributed by atoms with Crippen molar-refractivity contribution in [2.24, 2.45) is 10.7 Å². The maximum Gasteiger partial charge on any atom is 0.573 e. The molecule has 0 amide bonds. The van der Waals surface area contributed by atoms with Gasteiger partial charge in [-0.2, -0.15) is 0 Å². The van der Waals surface area contributed by atoms with Crippen molar-refractivity contribution in [3.63, 3.8) is 0 Å². The smallest absolute Gasteiger partial charge is 0.406 e. The molecule has 1 aromatic carbocycles. The molecule has 11 heteroatoms. The summed E-state index contributed by atoms with van der Waals surface area (Å²) in [6.07, 6.45) is -3.65. The lowest BCUT2D eigenvalue weighted by atomic mass is 10.2. The molecule has 0 unspecified atom stereocenters. The van der Waals surface area contributed by atoms with Crippen molar-refractivity contribution in [3.05, 3.63) is 24.3 Å². The Bertz CT molecular complexity index is 674. The molecule has 1 rings (SSSR count). The number of hydrogen-bond donors (Lipinski definition) is 2. The van der Waals surface area contributed by atoms with Crippen LogP contribution in [0.5, 0.6) is 5.75 Å². The molecule has 0 saturated heterocycles. The Kier molecular flexibility index (Phi) is 7.80. The fourth-order valence-electron chi connectivity index (χ4n) is 1.32. The molecular formula is C13H19F3IN3O3S. The molecule has 0 atom stereocenters. The molecule has 0 aliphatic rings. The van der Waals surface area contributed by atoms with E-state index in [0.717, 1.165) is 18.4 Å². The average Bonchev–Trinajstić information content (AvgIpc) is 2.36. The van der Waals surface area contributed by atoms with Gasteiger partial charge >= 0.3 is 6.36 Å². The second-order valence-corrected chi connectivity index (χ2v) is 8.08. The van der Waals surface area contributed by atoms with Gasteiger partial charge in [0.15, 0.2) is 15.8 Å². The van der Waals surface area contributed by atoms with Gasteiger partial charge < -0.3 is 15.8 Å². The maximum atomic E-state index is 12.0. The third-order valence-corrected chi connectivity index (χ3v) is 5.13. The molecule has 0 heterocycles. The third kappa shape index (κ3) is 7.55. The molecule has 1 aromatic rings. The maximum absolute atomic E-state index is 12.0. The molecule has 0 spiro atoms. The number of sulfone groups is 1. The molecule has 0 aliphatic carbocycles. The minimum Gasteiger partial charge on any atom is -0.406 e. The lowest BCUT2D eigenvalue weighted by molar-refractivity contribution is -0.274. The molecule has 0 bridgehead atoms. The number of ether oxygens (including phenoxy) is 1. The summed E-state index contributed by atoms with van der Waals surface area (Å²) < 4.78 is 61.8. The second kappa shape index (κ2) is 8.23. The summed E-state index contributed by atoms with van der Waals surface area (Å²) in [4.78, 5) is 3.93. The zero-order chi connectivity index (χ0) is 17.9. The Morgan fingerprint density at radius 2 is 1.75 bits per heavy atom. The number of nitrogens with zero attached hydrogens (tertiary/aromatic N) is 1. The van der Waals surface area contributed by atoms with Crippen molar-refractivity contribution in [1.82, 2.24) is 0 Å². The van der Waals surface area contributed by atoms with E-state index < -0.39 is 20.9 Å². The molecule has 3 N–H and O–H groups in total. The molecule has 0 saturated carbocycles. The van der Waals surface area contributed by atoms with Gasteiger partial charge in [0, 0.05) is 11.9 Å². The Morgan fingerprint density at radius 1 is 1.25 bits per heavy atom. The Labute approximate surface area is 155 Å². The molecule has 0 fully saturated rings. The first-order chi connectivity index (χ1) is 10.3. The molecule has 138 valence electrons. The zero-order valence-electron chi connectivity index (χ0n) is 13.2. The second-order valence-electron chi connectivity index (χ2n) is 5.43. The van der Waals surface area contributed by atoms with Gasteiger partial charge in [-0.3, -0.25) is 4.99 Å². The van der Waals surface area contributed by atoms with Crippen molar-refractivity contribution >= 4 is 45.5 Å². The molecule has 0 radical (unpaired) electrons. The van der Waals surface area contributed by atoms with E-state index in [1.165, 1.54) is 26.0 Å². The average molecular weight is 481 g/mol. The number of rotatable bonds is 5. The third-order valence-electron chi connectivity index (χ3n) is 2.99. The number of halogens is 4. The fraction of sp³-hybridized carbons (Fsp3) is 0.462. The van der Waals surface area contributed by atoms with Crippen molar-refractivity contribution in [3.8, 4) is 5.75 Å². The number of alkyl halides is 3. The summed E-state index contributed by atoms with van der Waals surface area (Å²) >= 11 is 0. The number of anilines is 1. The van der Waals surface area contributed by atoms with Crippen molar-refractivity contribution in [2.45, 2.75) is 25.0 Å². The lowest BCUT2D eigenvalue weighted by Gasteiger charge is -2.20. The van der Waals surface area contributed by atoms with Gasteiger partial charge in [-0.25, -0.2) is 8.42 Å². The highest BCUT2D eigenvalue weighted by atomic mass is 127.